The van der Waals surface area contributed by atoms with Gasteiger partial charge in [0.05, 0.1) is 6.04 Å². The minimum Gasteiger partial charge on any atom is -0.360 e. The highest BCUT2D eigenvalue weighted by atomic mass is 16.1. The molecule has 4 heteroatoms. The van der Waals surface area contributed by atoms with E-state index in [4.69, 9.17) is 0 Å². The molecule has 3 aromatic carbocycles. The highest BCUT2D eigenvalue weighted by Crippen LogP contribution is 2.24. The summed E-state index contributed by atoms with van der Waals surface area (Å²) in [7, 11) is 0. The van der Waals surface area contributed by atoms with Crippen molar-refractivity contribution in [3.63, 3.8) is 0 Å². The molecule has 0 aliphatic heterocycles. The maximum atomic E-state index is 13.5. The molecule has 1 heterocycles. The smallest absolute Gasteiger partial charge is 0.186 e. The van der Waals surface area contributed by atoms with E-state index in [2.05, 4.69) is 22.4 Å². The SMILES string of the molecule is CC(=O)Cc1ccc(CCN[C@H](C(=O)c2c[nH]c3ccccc23)c2ccccc2)cc1. The summed E-state index contributed by atoms with van der Waals surface area (Å²) in [6.45, 7) is 2.27. The number of Topliss-reactive ketones (excluding diaryl/α,β-unsaturated/α-hetero) is 2. The number of carbonyl (C=O) groups is 2. The molecule has 0 spiro atoms. The number of hydrogen-bond donors (Lipinski definition) is 2. The molecule has 0 saturated carbocycles. The van der Waals surface area contributed by atoms with Gasteiger partial charge in [0.2, 0.25) is 0 Å². The Labute approximate surface area is 182 Å². The first-order valence-corrected chi connectivity index (χ1v) is 10.6. The molecule has 4 rings (SSSR count). The van der Waals surface area contributed by atoms with Crippen LogP contribution in [0, 0.1) is 0 Å². The molecule has 4 nitrogen and oxygen atoms in total. The van der Waals surface area contributed by atoms with Crippen molar-refractivity contribution in [1.82, 2.24) is 10.3 Å². The van der Waals surface area contributed by atoms with Crippen LogP contribution in [-0.2, 0) is 17.6 Å². The number of ketones is 2. The van der Waals surface area contributed by atoms with Gasteiger partial charge in [-0.1, -0.05) is 72.8 Å². The highest BCUT2D eigenvalue weighted by Gasteiger charge is 2.23. The minimum atomic E-state index is -0.419. The number of H-pyrrole nitrogens is 1. The van der Waals surface area contributed by atoms with E-state index in [1.54, 1.807) is 13.1 Å². The van der Waals surface area contributed by atoms with Crippen molar-refractivity contribution >= 4 is 22.5 Å². The van der Waals surface area contributed by atoms with Crippen molar-refractivity contribution in [2.24, 2.45) is 0 Å². The lowest BCUT2D eigenvalue weighted by atomic mass is 9.96. The molecule has 0 bridgehead atoms. The summed E-state index contributed by atoms with van der Waals surface area (Å²) < 4.78 is 0. The van der Waals surface area contributed by atoms with Gasteiger partial charge in [0.25, 0.3) is 0 Å². The molecule has 0 saturated heterocycles. The maximum Gasteiger partial charge on any atom is 0.186 e. The van der Waals surface area contributed by atoms with Crippen LogP contribution in [0.25, 0.3) is 10.9 Å². The van der Waals surface area contributed by atoms with Gasteiger partial charge in [0, 0.05) is 35.6 Å². The molecule has 0 aliphatic carbocycles. The monoisotopic (exact) mass is 410 g/mol. The van der Waals surface area contributed by atoms with Gasteiger partial charge in [-0.05, 0) is 36.1 Å². The molecular formula is C27H26N2O2. The van der Waals surface area contributed by atoms with Gasteiger partial charge < -0.3 is 10.3 Å². The van der Waals surface area contributed by atoms with Crippen LogP contribution < -0.4 is 5.32 Å². The molecule has 0 unspecified atom stereocenters. The summed E-state index contributed by atoms with van der Waals surface area (Å²) >= 11 is 0. The first-order valence-electron chi connectivity index (χ1n) is 10.6. The third-order valence-corrected chi connectivity index (χ3v) is 5.49. The van der Waals surface area contributed by atoms with Gasteiger partial charge in [-0.15, -0.1) is 0 Å². The van der Waals surface area contributed by atoms with E-state index in [9.17, 15) is 9.59 Å². The highest BCUT2D eigenvalue weighted by molar-refractivity contribution is 6.10. The van der Waals surface area contributed by atoms with Crippen LogP contribution in [0.5, 0.6) is 0 Å². The topological polar surface area (TPSA) is 62.0 Å². The molecule has 156 valence electrons. The Hall–Kier alpha value is -3.50. The van der Waals surface area contributed by atoms with Crippen LogP contribution in [0.4, 0.5) is 0 Å². The number of rotatable bonds is 9. The zero-order valence-corrected chi connectivity index (χ0v) is 17.6. The number of nitrogens with one attached hydrogen (secondary N) is 2. The molecular weight excluding hydrogens is 384 g/mol. The second kappa shape index (κ2) is 9.54. The van der Waals surface area contributed by atoms with Crippen LogP contribution in [0.15, 0.2) is 85.1 Å². The number of aromatic nitrogens is 1. The number of fused-ring (bicyclic) bond motifs is 1. The van der Waals surface area contributed by atoms with Crippen LogP contribution >= 0.6 is 0 Å². The van der Waals surface area contributed by atoms with Gasteiger partial charge >= 0.3 is 0 Å². The van der Waals surface area contributed by atoms with Crippen molar-refractivity contribution in [2.75, 3.05) is 6.54 Å². The third kappa shape index (κ3) is 4.98. The zero-order chi connectivity index (χ0) is 21.6. The Morgan fingerprint density at radius 3 is 2.29 bits per heavy atom. The van der Waals surface area contributed by atoms with Gasteiger partial charge in [-0.25, -0.2) is 0 Å². The minimum absolute atomic E-state index is 0.0560. The Morgan fingerprint density at radius 1 is 0.871 bits per heavy atom. The van der Waals surface area contributed by atoms with E-state index in [-0.39, 0.29) is 11.6 Å². The molecule has 2 N–H and O–H groups in total. The number of benzene rings is 3. The molecule has 0 aliphatic rings. The van der Waals surface area contributed by atoms with Gasteiger partial charge in [-0.2, -0.15) is 0 Å². The molecule has 31 heavy (non-hydrogen) atoms. The fourth-order valence-corrected chi connectivity index (χ4v) is 3.91. The summed E-state index contributed by atoms with van der Waals surface area (Å²) in [6.07, 6.45) is 3.07. The summed E-state index contributed by atoms with van der Waals surface area (Å²) in [5.41, 5.74) is 4.82. The van der Waals surface area contributed by atoms with Crippen molar-refractivity contribution < 1.29 is 9.59 Å². The fourth-order valence-electron chi connectivity index (χ4n) is 3.91. The lowest BCUT2D eigenvalue weighted by Gasteiger charge is -2.18. The Morgan fingerprint density at radius 2 is 1.55 bits per heavy atom. The fraction of sp³-hybridized carbons (Fsp3) is 0.185. The van der Waals surface area contributed by atoms with Gasteiger partial charge in [0.1, 0.15) is 5.78 Å². The average molecular weight is 411 g/mol. The van der Waals surface area contributed by atoms with E-state index < -0.39 is 6.04 Å². The van der Waals surface area contributed by atoms with Crippen LogP contribution in [-0.4, -0.2) is 23.1 Å². The number of hydrogen-bond acceptors (Lipinski definition) is 3. The van der Waals surface area contributed by atoms with E-state index >= 15 is 0 Å². The summed E-state index contributed by atoms with van der Waals surface area (Å²) in [5, 5.41) is 4.41. The first kappa shape index (κ1) is 20.8. The van der Waals surface area contributed by atoms with Crippen molar-refractivity contribution in [3.8, 4) is 0 Å². The molecule has 1 aromatic heterocycles. The Kier molecular flexibility index (Phi) is 6.39. The second-order valence-corrected chi connectivity index (χ2v) is 7.86. The molecule has 0 fully saturated rings. The van der Waals surface area contributed by atoms with Crippen molar-refractivity contribution in [2.45, 2.75) is 25.8 Å². The molecule has 0 amide bonds. The average Bonchev–Trinajstić information content (AvgIpc) is 3.22. The van der Waals surface area contributed by atoms with Crippen molar-refractivity contribution in [3.05, 3.63) is 107 Å². The molecule has 1 atom stereocenters. The maximum absolute atomic E-state index is 13.5. The zero-order valence-electron chi connectivity index (χ0n) is 17.6. The first-order chi connectivity index (χ1) is 15.1. The van der Waals surface area contributed by atoms with E-state index in [1.807, 2.05) is 66.7 Å². The number of carbonyl (C=O) groups excluding carboxylic acids is 2. The van der Waals surface area contributed by atoms with E-state index in [0.29, 0.717) is 18.5 Å². The third-order valence-electron chi connectivity index (χ3n) is 5.49. The largest absolute Gasteiger partial charge is 0.360 e. The van der Waals surface area contributed by atoms with E-state index in [0.717, 1.165) is 28.5 Å². The van der Waals surface area contributed by atoms with Gasteiger partial charge in [-0.3, -0.25) is 9.59 Å². The molecule has 0 radical (unpaired) electrons. The number of para-hydroxylation sites is 1. The quantitative estimate of drug-likeness (QED) is 0.379. The summed E-state index contributed by atoms with van der Waals surface area (Å²) in [4.78, 5) is 28.0. The van der Waals surface area contributed by atoms with Crippen LogP contribution in [0.3, 0.4) is 0 Å². The predicted octanol–water partition coefficient (Wildman–Crippen LogP) is 5.06. The molecule has 4 aromatic rings. The normalized spacial score (nSPS) is 12.0. The second-order valence-electron chi connectivity index (χ2n) is 7.86. The predicted molar refractivity (Wildman–Crippen MR) is 124 cm³/mol. The summed E-state index contributed by atoms with van der Waals surface area (Å²) in [6, 6.07) is 25.4. The Balaban J connectivity index is 1.50. The lowest BCUT2D eigenvalue weighted by Crippen LogP contribution is -2.30. The van der Waals surface area contributed by atoms with Crippen LogP contribution in [0.1, 0.15) is 40.0 Å². The summed E-state index contributed by atoms with van der Waals surface area (Å²) in [5.74, 6) is 0.219. The number of aromatic amines is 1. The standard InChI is InChI=1S/C27H26N2O2/c1-19(30)17-21-13-11-20(12-14-21)15-16-28-26(22-7-3-2-4-8-22)27(31)24-18-29-25-10-6-5-9-23(24)25/h2-14,18,26,28-29H,15-17H2,1H3/t26-/m0/s1. The Bertz CT molecular complexity index is 1180. The van der Waals surface area contributed by atoms with Gasteiger partial charge in [0.15, 0.2) is 5.78 Å². The van der Waals surface area contributed by atoms with Crippen molar-refractivity contribution in [1.29, 1.82) is 0 Å². The van der Waals surface area contributed by atoms with E-state index in [1.165, 1.54) is 5.56 Å². The lowest BCUT2D eigenvalue weighted by molar-refractivity contribution is -0.116. The van der Waals surface area contributed by atoms with Crippen LogP contribution in [0.2, 0.25) is 0 Å².